The molecule has 2 aliphatic heterocycles. The van der Waals surface area contributed by atoms with Gasteiger partial charge in [-0.25, -0.2) is 4.98 Å². The maximum atomic E-state index is 4.83. The van der Waals surface area contributed by atoms with Gasteiger partial charge in [-0.05, 0) is 19.3 Å². The molecular formula is C15H20N6. The van der Waals surface area contributed by atoms with Crippen LogP contribution in [0.3, 0.4) is 0 Å². The van der Waals surface area contributed by atoms with Gasteiger partial charge in [0.05, 0.1) is 24.3 Å². The smallest absolute Gasteiger partial charge is 0.147 e. The van der Waals surface area contributed by atoms with E-state index in [-0.39, 0.29) is 0 Å². The molecule has 1 N–H and O–H groups in total. The molecule has 4 heterocycles. The van der Waals surface area contributed by atoms with E-state index in [1.807, 2.05) is 18.6 Å². The molecule has 6 heteroatoms. The number of rotatable bonds is 2. The topological polar surface area (TPSA) is 58.9 Å². The van der Waals surface area contributed by atoms with Crippen LogP contribution in [0, 0.1) is 0 Å². The third-order valence-electron chi connectivity index (χ3n) is 4.32. The van der Waals surface area contributed by atoms with Crippen molar-refractivity contribution in [2.24, 2.45) is 0 Å². The van der Waals surface area contributed by atoms with Gasteiger partial charge in [-0.1, -0.05) is 0 Å². The fraction of sp³-hybridized carbons (Fsp3) is 0.533. The number of hydrogen-bond acceptors (Lipinski definition) is 5. The quantitative estimate of drug-likeness (QED) is 0.894. The largest absolute Gasteiger partial charge is 0.353 e. The molecule has 0 spiro atoms. The molecule has 0 bridgehead atoms. The van der Waals surface area contributed by atoms with Crippen molar-refractivity contribution >= 4 is 5.82 Å². The summed E-state index contributed by atoms with van der Waals surface area (Å²) in [6.45, 7) is 5.03. The Bertz CT molecular complexity index is 629. The molecule has 0 aromatic carbocycles. The first kappa shape index (κ1) is 12.8. The Hall–Kier alpha value is -1.95. The third kappa shape index (κ3) is 2.40. The van der Waals surface area contributed by atoms with E-state index in [4.69, 9.17) is 4.98 Å². The highest BCUT2D eigenvalue weighted by Gasteiger charge is 2.18. The van der Waals surface area contributed by atoms with Gasteiger partial charge in [-0.15, -0.1) is 0 Å². The monoisotopic (exact) mass is 284 g/mol. The third-order valence-corrected chi connectivity index (χ3v) is 4.32. The van der Waals surface area contributed by atoms with Crippen LogP contribution in [-0.4, -0.2) is 45.9 Å². The average Bonchev–Trinajstić information content (AvgIpc) is 3.00. The minimum atomic E-state index is 0.953. The van der Waals surface area contributed by atoms with Crippen molar-refractivity contribution in [1.29, 1.82) is 0 Å². The molecule has 2 aliphatic rings. The molecule has 0 unspecified atom stereocenters. The van der Waals surface area contributed by atoms with E-state index in [0.29, 0.717) is 0 Å². The molecule has 0 aliphatic carbocycles. The maximum Gasteiger partial charge on any atom is 0.147 e. The molecule has 6 nitrogen and oxygen atoms in total. The number of nitrogens with zero attached hydrogens (tertiary/aromatic N) is 5. The summed E-state index contributed by atoms with van der Waals surface area (Å²) >= 11 is 0. The van der Waals surface area contributed by atoms with Gasteiger partial charge >= 0.3 is 0 Å². The van der Waals surface area contributed by atoms with E-state index in [1.54, 1.807) is 0 Å². The zero-order valence-electron chi connectivity index (χ0n) is 12.1. The van der Waals surface area contributed by atoms with Crippen molar-refractivity contribution in [3.05, 3.63) is 24.3 Å². The summed E-state index contributed by atoms with van der Waals surface area (Å²) in [6, 6.07) is 0. The van der Waals surface area contributed by atoms with Crippen LogP contribution in [0.5, 0.6) is 0 Å². The maximum absolute atomic E-state index is 4.83. The lowest BCUT2D eigenvalue weighted by atomic mass is 10.1. The van der Waals surface area contributed by atoms with Crippen LogP contribution >= 0.6 is 0 Å². The van der Waals surface area contributed by atoms with Crippen LogP contribution in [0.25, 0.3) is 11.3 Å². The van der Waals surface area contributed by atoms with Gasteiger partial charge in [-0.2, -0.15) is 5.10 Å². The van der Waals surface area contributed by atoms with Crippen molar-refractivity contribution in [3.8, 4) is 11.3 Å². The zero-order valence-corrected chi connectivity index (χ0v) is 12.1. The predicted molar refractivity (Wildman–Crippen MR) is 81.3 cm³/mol. The van der Waals surface area contributed by atoms with Gasteiger partial charge in [0.2, 0.25) is 0 Å². The highest BCUT2D eigenvalue weighted by molar-refractivity contribution is 5.62. The number of nitrogens with one attached hydrogen (secondary N) is 1. The number of hydrogen-bond donors (Lipinski definition) is 1. The zero-order chi connectivity index (χ0) is 14.1. The van der Waals surface area contributed by atoms with E-state index in [0.717, 1.165) is 56.2 Å². The van der Waals surface area contributed by atoms with Crippen LogP contribution < -0.4 is 10.2 Å². The molecule has 4 rings (SSSR count). The van der Waals surface area contributed by atoms with E-state index < -0.39 is 0 Å². The van der Waals surface area contributed by atoms with Gasteiger partial charge in [0.25, 0.3) is 0 Å². The number of aromatic nitrogens is 4. The summed E-state index contributed by atoms with van der Waals surface area (Å²) in [7, 11) is 0. The van der Waals surface area contributed by atoms with E-state index >= 15 is 0 Å². The van der Waals surface area contributed by atoms with Gasteiger partial charge in [0, 0.05) is 44.0 Å². The molecule has 1 fully saturated rings. The SMILES string of the molecule is c1ncc(N2CCNCC2)nc1-c1cnn2c1CCCC2. The number of anilines is 1. The van der Waals surface area contributed by atoms with Crippen LogP contribution in [0.4, 0.5) is 5.82 Å². The molecule has 0 amide bonds. The van der Waals surface area contributed by atoms with E-state index in [2.05, 4.69) is 25.0 Å². The second kappa shape index (κ2) is 5.44. The van der Waals surface area contributed by atoms with Gasteiger partial charge in [0.15, 0.2) is 0 Å². The minimum Gasteiger partial charge on any atom is -0.353 e. The lowest BCUT2D eigenvalue weighted by Crippen LogP contribution is -2.43. The van der Waals surface area contributed by atoms with Crippen molar-refractivity contribution in [2.75, 3.05) is 31.1 Å². The number of aryl methyl sites for hydroxylation is 1. The first-order valence-corrected chi connectivity index (χ1v) is 7.74. The molecule has 2 aromatic heterocycles. The van der Waals surface area contributed by atoms with Crippen molar-refractivity contribution < 1.29 is 0 Å². The summed E-state index contributed by atoms with van der Waals surface area (Å²) in [4.78, 5) is 11.5. The molecule has 21 heavy (non-hydrogen) atoms. The Morgan fingerprint density at radius 3 is 2.81 bits per heavy atom. The summed E-state index contributed by atoms with van der Waals surface area (Å²) < 4.78 is 2.12. The van der Waals surface area contributed by atoms with Gasteiger partial charge < -0.3 is 10.2 Å². The lowest BCUT2D eigenvalue weighted by Gasteiger charge is -2.28. The molecular weight excluding hydrogens is 264 g/mol. The molecule has 0 radical (unpaired) electrons. The Kier molecular flexibility index (Phi) is 3.31. The predicted octanol–water partition coefficient (Wildman–Crippen LogP) is 1.09. The Labute approximate surface area is 124 Å². The lowest BCUT2D eigenvalue weighted by molar-refractivity contribution is 0.487. The fourth-order valence-electron chi connectivity index (χ4n) is 3.17. The Morgan fingerprint density at radius 1 is 1.00 bits per heavy atom. The van der Waals surface area contributed by atoms with Crippen molar-refractivity contribution in [1.82, 2.24) is 25.1 Å². The van der Waals surface area contributed by atoms with Crippen LogP contribution in [0.15, 0.2) is 18.6 Å². The highest BCUT2D eigenvalue weighted by Crippen LogP contribution is 2.27. The molecule has 110 valence electrons. The first-order chi connectivity index (χ1) is 10.4. The second-order valence-corrected chi connectivity index (χ2v) is 5.68. The molecule has 0 saturated carbocycles. The number of piperazine rings is 1. The molecule has 0 atom stereocenters. The summed E-state index contributed by atoms with van der Waals surface area (Å²) in [5.74, 6) is 0.977. The summed E-state index contributed by atoms with van der Waals surface area (Å²) in [5, 5.41) is 7.86. The van der Waals surface area contributed by atoms with Crippen LogP contribution in [-0.2, 0) is 13.0 Å². The fourth-order valence-corrected chi connectivity index (χ4v) is 3.17. The molecule has 2 aromatic rings. The Balaban J connectivity index is 1.67. The van der Waals surface area contributed by atoms with E-state index in [9.17, 15) is 0 Å². The second-order valence-electron chi connectivity index (χ2n) is 5.68. The van der Waals surface area contributed by atoms with Gasteiger partial charge in [-0.3, -0.25) is 9.67 Å². The minimum absolute atomic E-state index is 0.953. The van der Waals surface area contributed by atoms with Crippen molar-refractivity contribution in [3.63, 3.8) is 0 Å². The standard InChI is InChI=1S/C15H20N6/c1-2-6-21-14(3-1)12(9-18-21)13-10-17-11-15(19-13)20-7-4-16-5-8-20/h9-11,16H,1-8H2. The van der Waals surface area contributed by atoms with E-state index in [1.165, 1.54) is 18.5 Å². The van der Waals surface area contributed by atoms with Crippen LogP contribution in [0.1, 0.15) is 18.5 Å². The average molecular weight is 284 g/mol. The summed E-state index contributed by atoms with van der Waals surface area (Å²) in [5.41, 5.74) is 3.42. The van der Waals surface area contributed by atoms with Crippen molar-refractivity contribution in [2.45, 2.75) is 25.8 Å². The first-order valence-electron chi connectivity index (χ1n) is 7.74. The Morgan fingerprint density at radius 2 is 1.90 bits per heavy atom. The molecule has 1 saturated heterocycles. The summed E-state index contributed by atoms with van der Waals surface area (Å²) in [6.07, 6.45) is 9.23. The highest BCUT2D eigenvalue weighted by atomic mass is 15.3. The van der Waals surface area contributed by atoms with Crippen LogP contribution in [0.2, 0.25) is 0 Å². The van der Waals surface area contributed by atoms with Gasteiger partial charge in [0.1, 0.15) is 5.82 Å². The number of fused-ring (bicyclic) bond motifs is 1. The normalized spacial score (nSPS) is 18.6.